The van der Waals surface area contributed by atoms with Crippen LogP contribution < -0.4 is 5.90 Å². The van der Waals surface area contributed by atoms with Crippen LogP contribution >= 0.6 is 0 Å². The number of aryl methyl sites for hydroxylation is 1. The third-order valence-electron chi connectivity index (χ3n) is 2.06. The Hall–Kier alpha value is -1.88. The van der Waals surface area contributed by atoms with Crippen molar-refractivity contribution in [2.24, 2.45) is 5.90 Å². The van der Waals surface area contributed by atoms with Gasteiger partial charge in [0.1, 0.15) is 0 Å². The van der Waals surface area contributed by atoms with Gasteiger partial charge in [0.05, 0.1) is 12.0 Å². The number of hydrogen-bond donors (Lipinski definition) is 2. The Morgan fingerprint density at radius 1 is 1.47 bits per heavy atom. The van der Waals surface area contributed by atoms with Gasteiger partial charge < -0.3 is 9.94 Å². The molecule has 0 unspecified atom stereocenters. The van der Waals surface area contributed by atoms with E-state index in [1.165, 1.54) is 12.1 Å². The summed E-state index contributed by atoms with van der Waals surface area (Å²) >= 11 is 0. The lowest BCUT2D eigenvalue weighted by Gasteiger charge is -2.04. The Kier molecular flexibility index (Phi) is 3.41. The fourth-order valence-corrected chi connectivity index (χ4v) is 1.22. The first-order chi connectivity index (χ1) is 7.04. The highest BCUT2D eigenvalue weighted by Crippen LogP contribution is 2.12. The summed E-state index contributed by atoms with van der Waals surface area (Å²) < 4.78 is 0. The molecule has 0 saturated carbocycles. The zero-order valence-electron chi connectivity index (χ0n) is 8.19. The van der Waals surface area contributed by atoms with Crippen LogP contribution in [0.1, 0.15) is 21.5 Å². The smallest absolute Gasteiger partial charge is 0.335 e. The molecule has 0 radical (unpaired) electrons. The van der Waals surface area contributed by atoms with E-state index in [0.29, 0.717) is 5.56 Å². The summed E-state index contributed by atoms with van der Waals surface area (Å²) in [4.78, 5) is 25.6. The highest BCUT2D eigenvalue weighted by molar-refractivity contribution is 5.88. The fourth-order valence-electron chi connectivity index (χ4n) is 1.22. The van der Waals surface area contributed by atoms with Gasteiger partial charge in [-0.2, -0.15) is 5.90 Å². The summed E-state index contributed by atoms with van der Waals surface area (Å²) in [7, 11) is 0. The third kappa shape index (κ3) is 2.78. The number of aromatic carboxylic acids is 1. The van der Waals surface area contributed by atoms with Crippen LogP contribution in [0.3, 0.4) is 0 Å². The monoisotopic (exact) mass is 209 g/mol. The number of carbonyl (C=O) groups excluding carboxylic acids is 1. The Balaban J connectivity index is 2.93. The normalized spacial score (nSPS) is 9.73. The Morgan fingerprint density at radius 2 is 2.13 bits per heavy atom. The summed E-state index contributed by atoms with van der Waals surface area (Å²) in [5, 5.41) is 8.72. The maximum atomic E-state index is 10.9. The Labute approximate surface area is 86.4 Å². The second kappa shape index (κ2) is 4.56. The van der Waals surface area contributed by atoms with Crippen LogP contribution in [0.5, 0.6) is 0 Å². The van der Waals surface area contributed by atoms with Crippen molar-refractivity contribution in [3.8, 4) is 0 Å². The third-order valence-corrected chi connectivity index (χ3v) is 2.06. The molecule has 3 N–H and O–H groups in total. The first-order valence-electron chi connectivity index (χ1n) is 4.27. The second-order valence-corrected chi connectivity index (χ2v) is 3.11. The molecule has 15 heavy (non-hydrogen) atoms. The first kappa shape index (κ1) is 11.2. The molecule has 1 rings (SSSR count). The average molecular weight is 209 g/mol. The van der Waals surface area contributed by atoms with E-state index < -0.39 is 11.9 Å². The number of benzene rings is 1. The highest BCUT2D eigenvalue weighted by Gasteiger charge is 2.09. The summed E-state index contributed by atoms with van der Waals surface area (Å²) in [5.74, 6) is 3.16. The number of carboxylic acid groups (broad SMARTS) is 1. The molecular weight excluding hydrogens is 198 g/mol. The molecule has 0 aliphatic carbocycles. The van der Waals surface area contributed by atoms with Crippen molar-refractivity contribution in [2.75, 3.05) is 0 Å². The average Bonchev–Trinajstić information content (AvgIpc) is 2.20. The minimum Gasteiger partial charge on any atom is -0.478 e. The summed E-state index contributed by atoms with van der Waals surface area (Å²) in [6.45, 7) is 1.73. The van der Waals surface area contributed by atoms with Crippen molar-refractivity contribution < 1.29 is 19.5 Å². The summed E-state index contributed by atoms with van der Waals surface area (Å²) in [6.07, 6.45) is 0.0439. The molecule has 0 heterocycles. The van der Waals surface area contributed by atoms with Crippen molar-refractivity contribution in [1.82, 2.24) is 0 Å². The number of rotatable bonds is 3. The van der Waals surface area contributed by atoms with E-state index in [1.54, 1.807) is 13.0 Å². The van der Waals surface area contributed by atoms with Crippen molar-refractivity contribution in [1.29, 1.82) is 0 Å². The van der Waals surface area contributed by atoms with Gasteiger partial charge >= 0.3 is 11.9 Å². The van der Waals surface area contributed by atoms with E-state index in [2.05, 4.69) is 4.84 Å². The minimum atomic E-state index is -0.994. The number of nitrogens with two attached hydrogens (primary N) is 1. The van der Waals surface area contributed by atoms with E-state index in [1.807, 2.05) is 0 Å². The van der Waals surface area contributed by atoms with Crippen LogP contribution in [0.4, 0.5) is 0 Å². The van der Waals surface area contributed by atoms with Gasteiger partial charge in [-0.15, -0.1) is 0 Å². The van der Waals surface area contributed by atoms with Gasteiger partial charge in [-0.25, -0.2) is 4.79 Å². The molecule has 0 bridgehead atoms. The predicted octanol–water partition coefficient (Wildman–Crippen LogP) is 0.653. The number of carboxylic acids is 1. The number of carbonyl (C=O) groups is 2. The molecule has 0 atom stereocenters. The molecule has 1 aromatic carbocycles. The topological polar surface area (TPSA) is 89.6 Å². The Bertz CT molecular complexity index is 400. The largest absolute Gasteiger partial charge is 0.478 e. The van der Waals surface area contributed by atoms with Crippen molar-refractivity contribution in [2.45, 2.75) is 13.3 Å². The van der Waals surface area contributed by atoms with Gasteiger partial charge in [0.2, 0.25) is 0 Å². The molecule has 0 saturated heterocycles. The molecule has 5 nitrogen and oxygen atoms in total. The zero-order valence-corrected chi connectivity index (χ0v) is 8.19. The van der Waals surface area contributed by atoms with Crippen LogP contribution in [0.2, 0.25) is 0 Å². The predicted molar refractivity (Wildman–Crippen MR) is 52.1 cm³/mol. The first-order valence-corrected chi connectivity index (χ1v) is 4.27. The summed E-state index contributed by atoms with van der Waals surface area (Å²) in [6, 6.07) is 4.52. The van der Waals surface area contributed by atoms with Gasteiger partial charge in [-0.3, -0.25) is 4.79 Å². The van der Waals surface area contributed by atoms with E-state index in [9.17, 15) is 9.59 Å². The van der Waals surface area contributed by atoms with Gasteiger partial charge in [0.25, 0.3) is 0 Å². The molecule has 80 valence electrons. The van der Waals surface area contributed by atoms with E-state index in [0.717, 1.165) is 5.56 Å². The number of hydrogen-bond acceptors (Lipinski definition) is 4. The molecule has 0 fully saturated rings. The Morgan fingerprint density at radius 3 is 2.60 bits per heavy atom. The molecule has 5 heteroatoms. The molecule has 0 amide bonds. The lowest BCUT2D eigenvalue weighted by Crippen LogP contribution is -2.13. The van der Waals surface area contributed by atoms with Crippen LogP contribution in [0.25, 0.3) is 0 Å². The minimum absolute atomic E-state index is 0.0439. The summed E-state index contributed by atoms with van der Waals surface area (Å²) in [5.41, 5.74) is 1.62. The highest BCUT2D eigenvalue weighted by atomic mass is 16.7. The van der Waals surface area contributed by atoms with Crippen LogP contribution in [-0.4, -0.2) is 17.0 Å². The van der Waals surface area contributed by atoms with Crippen molar-refractivity contribution in [3.63, 3.8) is 0 Å². The van der Waals surface area contributed by atoms with Crippen molar-refractivity contribution in [3.05, 3.63) is 34.9 Å². The van der Waals surface area contributed by atoms with Gasteiger partial charge in [0, 0.05) is 0 Å². The van der Waals surface area contributed by atoms with Crippen LogP contribution in [-0.2, 0) is 16.1 Å². The molecular formula is C10H11NO4. The van der Waals surface area contributed by atoms with Gasteiger partial charge in [-0.05, 0) is 30.2 Å². The lowest BCUT2D eigenvalue weighted by atomic mass is 10.0. The maximum Gasteiger partial charge on any atom is 0.335 e. The molecule has 0 aliphatic heterocycles. The van der Waals surface area contributed by atoms with E-state index >= 15 is 0 Å². The van der Waals surface area contributed by atoms with Crippen LogP contribution in [0.15, 0.2) is 18.2 Å². The second-order valence-electron chi connectivity index (χ2n) is 3.11. The SMILES string of the molecule is Cc1cc(C(=O)O)ccc1CC(=O)ON. The van der Waals surface area contributed by atoms with Gasteiger partial charge in [-0.1, -0.05) is 6.07 Å². The zero-order chi connectivity index (χ0) is 11.4. The fraction of sp³-hybridized carbons (Fsp3) is 0.200. The maximum absolute atomic E-state index is 10.9. The van der Waals surface area contributed by atoms with Crippen molar-refractivity contribution >= 4 is 11.9 Å². The van der Waals surface area contributed by atoms with E-state index in [4.69, 9.17) is 11.0 Å². The van der Waals surface area contributed by atoms with Gasteiger partial charge in [0.15, 0.2) is 0 Å². The molecule has 1 aromatic rings. The lowest BCUT2D eigenvalue weighted by molar-refractivity contribution is -0.143. The quantitative estimate of drug-likeness (QED) is 0.713. The molecule has 0 aromatic heterocycles. The molecule has 0 spiro atoms. The standard InChI is InChI=1S/C10H11NO4/c1-6-4-8(10(13)14)3-2-7(6)5-9(12)15-11/h2-4H,5,11H2,1H3,(H,13,14). The van der Waals surface area contributed by atoms with Crippen LogP contribution in [0, 0.1) is 6.92 Å². The molecule has 0 aliphatic rings. The van der Waals surface area contributed by atoms with E-state index in [-0.39, 0.29) is 12.0 Å².